The summed E-state index contributed by atoms with van der Waals surface area (Å²) >= 11 is 0. The Hall–Kier alpha value is -2.15. The Kier molecular flexibility index (Phi) is 2.97. The van der Waals surface area contributed by atoms with Gasteiger partial charge in [0.25, 0.3) is 0 Å². The van der Waals surface area contributed by atoms with Crippen molar-refractivity contribution in [2.24, 2.45) is 5.73 Å². The fraction of sp³-hybridized carbons (Fsp3) is 0.222. The van der Waals surface area contributed by atoms with Crippen molar-refractivity contribution in [3.05, 3.63) is 30.7 Å². The van der Waals surface area contributed by atoms with Crippen molar-refractivity contribution in [2.45, 2.75) is 12.5 Å². The zero-order valence-corrected chi connectivity index (χ0v) is 8.29. The number of aromatic nitrogens is 3. The summed E-state index contributed by atoms with van der Waals surface area (Å²) in [5.41, 5.74) is 6.39. The smallest absolute Gasteiger partial charge is 0.401 e. The Morgan fingerprint density at radius 3 is 3.19 bits per heavy atom. The van der Waals surface area contributed by atoms with E-state index in [2.05, 4.69) is 15.0 Å². The molecule has 2 aromatic heterocycles. The topological polar surface area (TPSA) is 107 Å². The van der Waals surface area contributed by atoms with Crippen molar-refractivity contribution in [2.75, 3.05) is 0 Å². The SMILES string of the molecule is N[C@@H](Cc1cnc[nH]1)C(=O)Oc1ncco1. The molecule has 0 bridgehead atoms. The minimum absolute atomic E-state index is 0.106. The molecule has 0 fully saturated rings. The second-order valence-electron chi connectivity index (χ2n) is 3.11. The Bertz CT molecular complexity index is 437. The lowest BCUT2D eigenvalue weighted by Gasteiger charge is -2.07. The maximum absolute atomic E-state index is 11.5. The Morgan fingerprint density at radius 2 is 2.56 bits per heavy atom. The van der Waals surface area contributed by atoms with Crippen molar-refractivity contribution < 1.29 is 13.9 Å². The first-order chi connectivity index (χ1) is 7.75. The quantitative estimate of drug-likeness (QED) is 0.698. The van der Waals surface area contributed by atoms with Crippen LogP contribution < -0.4 is 10.5 Å². The van der Waals surface area contributed by atoms with Gasteiger partial charge in [-0.05, 0) is 0 Å². The Balaban J connectivity index is 1.90. The standard InChI is InChI=1S/C9H10N4O3/c10-7(3-6-4-11-5-13-6)8(14)16-9-12-1-2-15-9/h1-2,4-5,7H,3,10H2,(H,11,13)/t7-/m0/s1. The van der Waals surface area contributed by atoms with Crippen LogP contribution in [0.5, 0.6) is 6.08 Å². The van der Waals surface area contributed by atoms with E-state index in [1.54, 1.807) is 6.20 Å². The molecule has 0 saturated carbocycles. The normalized spacial score (nSPS) is 12.3. The lowest BCUT2D eigenvalue weighted by molar-refractivity contribution is -0.137. The number of hydrogen-bond donors (Lipinski definition) is 2. The van der Waals surface area contributed by atoms with Crippen LogP contribution in [0.1, 0.15) is 5.69 Å². The number of imidazole rings is 1. The average molecular weight is 222 g/mol. The molecule has 0 aliphatic heterocycles. The summed E-state index contributed by atoms with van der Waals surface area (Å²) < 4.78 is 9.55. The van der Waals surface area contributed by atoms with Crippen molar-refractivity contribution in [3.63, 3.8) is 0 Å². The molecule has 0 aliphatic rings. The molecule has 3 N–H and O–H groups in total. The first-order valence-electron chi connectivity index (χ1n) is 4.59. The first kappa shape index (κ1) is 10.4. The summed E-state index contributed by atoms with van der Waals surface area (Å²) in [6.07, 6.45) is 6.01. The van der Waals surface area contributed by atoms with Gasteiger partial charge in [0.05, 0.1) is 12.5 Å². The number of oxazole rings is 1. The minimum atomic E-state index is -0.785. The van der Waals surface area contributed by atoms with Gasteiger partial charge in [-0.15, -0.1) is 0 Å². The van der Waals surface area contributed by atoms with Gasteiger partial charge in [-0.2, -0.15) is 4.98 Å². The molecule has 7 nitrogen and oxygen atoms in total. The average Bonchev–Trinajstić information content (AvgIpc) is 2.90. The van der Waals surface area contributed by atoms with Crippen LogP contribution in [0.25, 0.3) is 0 Å². The molecule has 0 radical (unpaired) electrons. The van der Waals surface area contributed by atoms with E-state index in [4.69, 9.17) is 14.9 Å². The lowest BCUT2D eigenvalue weighted by atomic mass is 10.2. The summed E-state index contributed by atoms with van der Waals surface area (Å²) in [4.78, 5) is 21.8. The van der Waals surface area contributed by atoms with Crippen LogP contribution in [0.15, 0.2) is 29.4 Å². The lowest BCUT2D eigenvalue weighted by Crippen LogP contribution is -2.36. The van der Waals surface area contributed by atoms with E-state index in [0.717, 1.165) is 5.69 Å². The number of esters is 1. The first-order valence-corrected chi connectivity index (χ1v) is 4.59. The highest BCUT2D eigenvalue weighted by Gasteiger charge is 2.18. The van der Waals surface area contributed by atoms with Gasteiger partial charge in [-0.25, -0.2) is 9.78 Å². The van der Waals surface area contributed by atoms with Crippen LogP contribution in [-0.2, 0) is 11.2 Å². The number of aromatic amines is 1. The van der Waals surface area contributed by atoms with Crippen LogP contribution in [0, 0.1) is 0 Å². The number of rotatable bonds is 4. The highest BCUT2D eigenvalue weighted by molar-refractivity contribution is 5.77. The predicted molar refractivity (Wildman–Crippen MR) is 52.4 cm³/mol. The van der Waals surface area contributed by atoms with Crippen molar-refractivity contribution in [1.82, 2.24) is 15.0 Å². The molecule has 2 aromatic rings. The van der Waals surface area contributed by atoms with Gasteiger partial charge in [0, 0.05) is 18.3 Å². The van der Waals surface area contributed by atoms with E-state index in [-0.39, 0.29) is 6.08 Å². The van der Waals surface area contributed by atoms with E-state index >= 15 is 0 Å². The largest absolute Gasteiger partial charge is 0.417 e. The molecule has 2 rings (SSSR count). The fourth-order valence-electron chi connectivity index (χ4n) is 1.14. The molecule has 2 heterocycles. The highest BCUT2D eigenvalue weighted by Crippen LogP contribution is 2.06. The van der Waals surface area contributed by atoms with Crippen molar-refractivity contribution in [1.29, 1.82) is 0 Å². The van der Waals surface area contributed by atoms with Gasteiger partial charge in [0.2, 0.25) is 0 Å². The maximum Gasteiger partial charge on any atom is 0.401 e. The molecular weight excluding hydrogens is 212 g/mol. The molecule has 84 valence electrons. The number of carbonyl (C=O) groups is 1. The van der Waals surface area contributed by atoms with Crippen LogP contribution in [0.3, 0.4) is 0 Å². The summed E-state index contributed by atoms with van der Waals surface area (Å²) in [6, 6.07) is -0.785. The Morgan fingerprint density at radius 1 is 1.69 bits per heavy atom. The second kappa shape index (κ2) is 4.58. The van der Waals surface area contributed by atoms with Crippen LogP contribution in [0.2, 0.25) is 0 Å². The molecule has 0 aliphatic carbocycles. The fourth-order valence-corrected chi connectivity index (χ4v) is 1.14. The van der Waals surface area contributed by atoms with Crippen molar-refractivity contribution >= 4 is 5.97 Å². The summed E-state index contributed by atoms with van der Waals surface area (Å²) in [6.45, 7) is 0. The third-order valence-corrected chi connectivity index (χ3v) is 1.89. The summed E-state index contributed by atoms with van der Waals surface area (Å²) in [7, 11) is 0. The number of carbonyl (C=O) groups excluding carboxylic acids is 1. The number of nitrogens with zero attached hydrogens (tertiary/aromatic N) is 2. The molecule has 0 amide bonds. The van der Waals surface area contributed by atoms with Gasteiger partial charge in [-0.3, -0.25) is 0 Å². The number of H-pyrrole nitrogens is 1. The van der Waals surface area contributed by atoms with Gasteiger partial charge in [0.15, 0.2) is 0 Å². The van der Waals surface area contributed by atoms with E-state index in [1.165, 1.54) is 18.8 Å². The minimum Gasteiger partial charge on any atom is -0.417 e. The van der Waals surface area contributed by atoms with E-state index in [1.807, 2.05) is 0 Å². The van der Waals surface area contributed by atoms with E-state index in [9.17, 15) is 4.79 Å². The van der Waals surface area contributed by atoms with Crippen LogP contribution in [-0.4, -0.2) is 27.0 Å². The van der Waals surface area contributed by atoms with Gasteiger partial charge in [0.1, 0.15) is 12.3 Å². The van der Waals surface area contributed by atoms with Crippen LogP contribution >= 0.6 is 0 Å². The molecular formula is C9H10N4O3. The van der Waals surface area contributed by atoms with Crippen molar-refractivity contribution in [3.8, 4) is 6.08 Å². The number of hydrogen-bond acceptors (Lipinski definition) is 6. The third kappa shape index (κ3) is 2.45. The molecule has 1 atom stereocenters. The van der Waals surface area contributed by atoms with Gasteiger partial charge >= 0.3 is 12.0 Å². The van der Waals surface area contributed by atoms with Crippen LogP contribution in [0.4, 0.5) is 0 Å². The molecule has 16 heavy (non-hydrogen) atoms. The highest BCUT2D eigenvalue weighted by atomic mass is 16.6. The molecule has 7 heteroatoms. The van der Waals surface area contributed by atoms with Gasteiger partial charge in [-0.1, -0.05) is 0 Å². The number of nitrogens with two attached hydrogens (primary N) is 1. The van der Waals surface area contributed by atoms with Gasteiger partial charge < -0.3 is 19.9 Å². The summed E-state index contributed by atoms with van der Waals surface area (Å²) in [5, 5.41) is 0. The third-order valence-electron chi connectivity index (χ3n) is 1.89. The number of ether oxygens (including phenoxy) is 1. The molecule has 0 aromatic carbocycles. The zero-order chi connectivity index (χ0) is 11.4. The van der Waals surface area contributed by atoms with E-state index < -0.39 is 12.0 Å². The molecule has 0 spiro atoms. The molecule has 0 saturated heterocycles. The Labute approximate surface area is 90.6 Å². The predicted octanol–water partition coefficient (Wildman–Crippen LogP) is -0.127. The second-order valence-corrected chi connectivity index (χ2v) is 3.11. The summed E-state index contributed by atoms with van der Waals surface area (Å²) in [5.74, 6) is -0.600. The zero-order valence-electron chi connectivity index (χ0n) is 8.29. The number of nitrogens with one attached hydrogen (secondary N) is 1. The molecule has 0 unspecified atom stereocenters. The maximum atomic E-state index is 11.5. The van der Waals surface area contributed by atoms with E-state index in [0.29, 0.717) is 6.42 Å². The monoisotopic (exact) mass is 222 g/mol.